The zero-order valence-electron chi connectivity index (χ0n) is 15.1. The molecule has 136 valence electrons. The van der Waals surface area contributed by atoms with E-state index in [0.717, 1.165) is 29.9 Å². The van der Waals surface area contributed by atoms with E-state index in [-0.39, 0.29) is 11.4 Å². The standard InChI is InChI=1S/C21H24N2O2S/c1-15-20(17-8-4-3-5-9-17)23-21(26-15)22-19(24)10-6-7-16-11-13-18(25-2)14-12-16/h3-5,8-9,11-14,21,23H,6-7,10H2,1-2H3,(H,22,24)/t21-/m1/s1. The van der Waals surface area contributed by atoms with Gasteiger partial charge in [0.1, 0.15) is 5.75 Å². The van der Waals surface area contributed by atoms with Crippen LogP contribution >= 0.6 is 11.8 Å². The maximum atomic E-state index is 12.2. The van der Waals surface area contributed by atoms with Crippen molar-refractivity contribution in [1.82, 2.24) is 10.6 Å². The topological polar surface area (TPSA) is 50.4 Å². The van der Waals surface area contributed by atoms with Crippen LogP contribution in [0.15, 0.2) is 59.5 Å². The molecule has 2 N–H and O–H groups in total. The zero-order valence-corrected chi connectivity index (χ0v) is 15.9. The van der Waals surface area contributed by atoms with Crippen LogP contribution in [0.4, 0.5) is 0 Å². The van der Waals surface area contributed by atoms with Crippen molar-refractivity contribution in [3.05, 3.63) is 70.6 Å². The molecule has 3 rings (SSSR count). The van der Waals surface area contributed by atoms with Crippen LogP contribution in [0.5, 0.6) is 5.75 Å². The lowest BCUT2D eigenvalue weighted by atomic mass is 10.1. The Balaban J connectivity index is 1.43. The Bertz CT molecular complexity index is 772. The third kappa shape index (κ3) is 4.82. The summed E-state index contributed by atoms with van der Waals surface area (Å²) in [5.74, 6) is 0.929. The highest BCUT2D eigenvalue weighted by Gasteiger charge is 2.23. The molecule has 4 nitrogen and oxygen atoms in total. The fourth-order valence-corrected chi connectivity index (χ4v) is 3.93. The molecule has 2 aromatic carbocycles. The molecule has 0 saturated heterocycles. The predicted molar refractivity (Wildman–Crippen MR) is 108 cm³/mol. The second kappa shape index (κ2) is 8.81. The van der Waals surface area contributed by atoms with Crippen LogP contribution in [0.2, 0.25) is 0 Å². The molecule has 1 amide bonds. The Morgan fingerprint density at radius 2 is 1.88 bits per heavy atom. The lowest BCUT2D eigenvalue weighted by molar-refractivity contribution is -0.121. The number of rotatable bonds is 7. The van der Waals surface area contributed by atoms with Gasteiger partial charge < -0.3 is 15.4 Å². The first-order valence-electron chi connectivity index (χ1n) is 8.77. The number of carbonyl (C=O) groups is 1. The number of aryl methyl sites for hydroxylation is 1. The van der Waals surface area contributed by atoms with Gasteiger partial charge in [0.2, 0.25) is 5.91 Å². The molecular formula is C21H24N2O2S. The monoisotopic (exact) mass is 368 g/mol. The van der Waals surface area contributed by atoms with Crippen molar-refractivity contribution >= 4 is 23.4 Å². The highest BCUT2D eigenvalue weighted by Crippen LogP contribution is 2.33. The number of allylic oxidation sites excluding steroid dienone is 1. The fourth-order valence-electron chi connectivity index (χ4n) is 2.92. The van der Waals surface area contributed by atoms with E-state index >= 15 is 0 Å². The molecule has 0 radical (unpaired) electrons. The van der Waals surface area contributed by atoms with Crippen LogP contribution in [-0.2, 0) is 11.2 Å². The van der Waals surface area contributed by atoms with E-state index in [0.29, 0.717) is 6.42 Å². The van der Waals surface area contributed by atoms with Gasteiger partial charge in [0, 0.05) is 11.3 Å². The highest BCUT2D eigenvalue weighted by atomic mass is 32.2. The number of hydrogen-bond donors (Lipinski definition) is 2. The average Bonchev–Trinajstić information content (AvgIpc) is 3.03. The molecule has 1 aliphatic heterocycles. The maximum absolute atomic E-state index is 12.2. The number of benzene rings is 2. The van der Waals surface area contributed by atoms with E-state index < -0.39 is 0 Å². The SMILES string of the molecule is COc1ccc(CCCC(=O)N[C@@H]2NC(c3ccccc3)=C(C)S2)cc1. The number of nitrogens with one attached hydrogen (secondary N) is 2. The summed E-state index contributed by atoms with van der Waals surface area (Å²) in [5.41, 5.74) is 3.36. The minimum absolute atomic E-state index is 0.0747. The smallest absolute Gasteiger partial charge is 0.222 e. The molecule has 1 heterocycles. The van der Waals surface area contributed by atoms with Gasteiger partial charge in [0.25, 0.3) is 0 Å². The van der Waals surface area contributed by atoms with E-state index in [1.165, 1.54) is 10.5 Å². The minimum atomic E-state index is -0.0984. The first kappa shape index (κ1) is 18.4. The number of amides is 1. The summed E-state index contributed by atoms with van der Waals surface area (Å²) >= 11 is 1.65. The van der Waals surface area contributed by atoms with Gasteiger partial charge >= 0.3 is 0 Å². The van der Waals surface area contributed by atoms with E-state index in [2.05, 4.69) is 29.7 Å². The summed E-state index contributed by atoms with van der Waals surface area (Å²) in [4.78, 5) is 13.4. The molecule has 26 heavy (non-hydrogen) atoms. The van der Waals surface area contributed by atoms with E-state index in [1.54, 1.807) is 18.9 Å². The lowest BCUT2D eigenvalue weighted by Crippen LogP contribution is -2.39. The van der Waals surface area contributed by atoms with Gasteiger partial charge in [-0.2, -0.15) is 0 Å². The summed E-state index contributed by atoms with van der Waals surface area (Å²) < 4.78 is 5.16. The van der Waals surface area contributed by atoms with Crippen molar-refractivity contribution in [1.29, 1.82) is 0 Å². The molecule has 0 fully saturated rings. The lowest BCUT2D eigenvalue weighted by Gasteiger charge is -2.15. The van der Waals surface area contributed by atoms with Crippen molar-refractivity contribution in [2.75, 3.05) is 7.11 Å². The Morgan fingerprint density at radius 3 is 2.58 bits per heavy atom. The molecule has 0 saturated carbocycles. The van der Waals surface area contributed by atoms with Crippen LogP contribution in [-0.4, -0.2) is 18.5 Å². The summed E-state index contributed by atoms with van der Waals surface area (Å²) in [7, 11) is 1.66. The summed E-state index contributed by atoms with van der Waals surface area (Å²) in [6.07, 6.45) is 2.23. The molecule has 1 aliphatic rings. The van der Waals surface area contributed by atoms with Gasteiger partial charge in [0.05, 0.1) is 12.8 Å². The molecule has 0 aromatic heterocycles. The third-order valence-corrected chi connectivity index (χ3v) is 5.33. The first-order chi connectivity index (χ1) is 12.7. The molecule has 1 atom stereocenters. The van der Waals surface area contributed by atoms with Crippen molar-refractivity contribution in [2.45, 2.75) is 31.7 Å². The number of ether oxygens (including phenoxy) is 1. The molecular weight excluding hydrogens is 344 g/mol. The van der Waals surface area contributed by atoms with E-state index in [9.17, 15) is 4.79 Å². The van der Waals surface area contributed by atoms with Gasteiger partial charge in [-0.15, -0.1) is 0 Å². The highest BCUT2D eigenvalue weighted by molar-refractivity contribution is 8.04. The number of carbonyl (C=O) groups excluding carboxylic acids is 1. The largest absolute Gasteiger partial charge is 0.497 e. The first-order valence-corrected chi connectivity index (χ1v) is 9.65. The molecule has 0 unspecified atom stereocenters. The normalized spacial score (nSPS) is 16.3. The summed E-state index contributed by atoms with van der Waals surface area (Å²) in [6.45, 7) is 2.08. The number of methoxy groups -OCH3 is 1. The van der Waals surface area contributed by atoms with Crippen LogP contribution in [0.25, 0.3) is 5.70 Å². The molecule has 2 aromatic rings. The quantitative estimate of drug-likeness (QED) is 0.771. The summed E-state index contributed by atoms with van der Waals surface area (Å²) in [5, 5.41) is 6.47. The Morgan fingerprint density at radius 1 is 1.15 bits per heavy atom. The van der Waals surface area contributed by atoms with Crippen molar-refractivity contribution in [3.8, 4) is 5.75 Å². The molecule has 0 bridgehead atoms. The minimum Gasteiger partial charge on any atom is -0.497 e. The van der Waals surface area contributed by atoms with Gasteiger partial charge in [-0.25, -0.2) is 0 Å². The van der Waals surface area contributed by atoms with Crippen LogP contribution in [0.3, 0.4) is 0 Å². The maximum Gasteiger partial charge on any atom is 0.222 e. The van der Waals surface area contributed by atoms with Gasteiger partial charge in [-0.3, -0.25) is 4.79 Å². The van der Waals surface area contributed by atoms with Gasteiger partial charge in [-0.1, -0.05) is 54.2 Å². The zero-order chi connectivity index (χ0) is 18.4. The van der Waals surface area contributed by atoms with Crippen LogP contribution in [0.1, 0.15) is 30.9 Å². The summed E-state index contributed by atoms with van der Waals surface area (Å²) in [6, 6.07) is 18.2. The van der Waals surface area contributed by atoms with Gasteiger partial charge in [0.15, 0.2) is 5.50 Å². The second-order valence-electron chi connectivity index (χ2n) is 6.21. The van der Waals surface area contributed by atoms with Crippen LogP contribution in [0, 0.1) is 0 Å². The molecule has 0 aliphatic carbocycles. The number of hydrogen-bond acceptors (Lipinski definition) is 4. The Labute approximate surface area is 159 Å². The molecule has 0 spiro atoms. The predicted octanol–water partition coefficient (Wildman–Crippen LogP) is 4.14. The number of thioether (sulfide) groups is 1. The molecule has 5 heteroatoms. The second-order valence-corrected chi connectivity index (χ2v) is 7.53. The average molecular weight is 369 g/mol. The van der Waals surface area contributed by atoms with Crippen molar-refractivity contribution < 1.29 is 9.53 Å². The van der Waals surface area contributed by atoms with Crippen LogP contribution < -0.4 is 15.4 Å². The van der Waals surface area contributed by atoms with Crippen molar-refractivity contribution in [3.63, 3.8) is 0 Å². The Kier molecular flexibility index (Phi) is 6.23. The van der Waals surface area contributed by atoms with Crippen molar-refractivity contribution in [2.24, 2.45) is 0 Å². The fraction of sp³-hybridized carbons (Fsp3) is 0.286. The van der Waals surface area contributed by atoms with Gasteiger partial charge in [-0.05, 0) is 43.0 Å². The van der Waals surface area contributed by atoms with E-state index in [4.69, 9.17) is 4.74 Å². The van der Waals surface area contributed by atoms with E-state index in [1.807, 2.05) is 42.5 Å². The third-order valence-electron chi connectivity index (χ3n) is 4.31. The Hall–Kier alpha value is -2.40.